The van der Waals surface area contributed by atoms with Gasteiger partial charge in [0.25, 0.3) is 0 Å². The number of aliphatic hydroxyl groups is 1. The predicted octanol–water partition coefficient (Wildman–Crippen LogP) is 3.59. The van der Waals surface area contributed by atoms with Crippen molar-refractivity contribution in [1.29, 1.82) is 0 Å². The third kappa shape index (κ3) is 5.42. The van der Waals surface area contributed by atoms with Crippen LogP contribution < -0.4 is 4.72 Å². The Morgan fingerprint density at radius 1 is 1.19 bits per heavy atom. The van der Waals surface area contributed by atoms with Crippen LogP contribution in [0.25, 0.3) is 0 Å². The normalized spacial score (nSPS) is 13.7. The van der Waals surface area contributed by atoms with E-state index in [9.17, 15) is 13.5 Å². The highest BCUT2D eigenvalue weighted by atomic mass is 35.5. The first-order valence-corrected chi connectivity index (χ1v) is 9.02. The lowest BCUT2D eigenvalue weighted by Gasteiger charge is -2.17. The van der Waals surface area contributed by atoms with Crippen molar-refractivity contribution in [2.75, 3.05) is 0 Å². The molecule has 0 aromatic heterocycles. The molecule has 0 bridgehead atoms. The van der Waals surface area contributed by atoms with Gasteiger partial charge >= 0.3 is 0 Å². The van der Waals surface area contributed by atoms with Gasteiger partial charge in [0.2, 0.25) is 10.0 Å². The summed E-state index contributed by atoms with van der Waals surface area (Å²) in [5.41, 5.74) is 0.291. The van der Waals surface area contributed by atoms with Crippen LogP contribution in [0.3, 0.4) is 0 Å². The minimum atomic E-state index is -3.77. The maximum Gasteiger partial charge on any atom is 0.242 e. The Kier molecular flexibility index (Phi) is 6.94. The van der Waals surface area contributed by atoms with Crippen molar-refractivity contribution >= 4 is 33.2 Å². The average Bonchev–Trinajstić information content (AvgIpc) is 2.38. The molecule has 0 saturated heterocycles. The summed E-state index contributed by atoms with van der Waals surface area (Å²) in [6, 6.07) is 2.54. The molecular formula is C14H21Cl2NO3S. The lowest BCUT2D eigenvalue weighted by atomic mass is 10.1. The second-order valence-electron chi connectivity index (χ2n) is 5.53. The summed E-state index contributed by atoms with van der Waals surface area (Å²) in [5.74, 6) is 0.507. The molecule has 0 amide bonds. The van der Waals surface area contributed by atoms with Crippen molar-refractivity contribution in [2.45, 2.75) is 51.2 Å². The molecule has 1 unspecified atom stereocenters. The number of benzene rings is 1. The smallest absolute Gasteiger partial charge is 0.242 e. The zero-order valence-corrected chi connectivity index (χ0v) is 14.7. The highest BCUT2D eigenvalue weighted by Gasteiger charge is 2.23. The van der Waals surface area contributed by atoms with Gasteiger partial charge in [-0.1, -0.05) is 37.0 Å². The van der Waals surface area contributed by atoms with E-state index in [1.165, 1.54) is 12.1 Å². The molecule has 0 saturated carbocycles. The zero-order chi connectivity index (χ0) is 16.2. The molecule has 0 spiro atoms. The fourth-order valence-electron chi connectivity index (χ4n) is 1.90. The molecule has 4 nitrogen and oxygen atoms in total. The van der Waals surface area contributed by atoms with E-state index in [0.717, 1.165) is 12.8 Å². The second-order valence-corrected chi connectivity index (χ2v) is 8.03. The van der Waals surface area contributed by atoms with Crippen molar-refractivity contribution in [3.05, 3.63) is 27.7 Å². The molecule has 0 aliphatic rings. The fourth-order valence-corrected chi connectivity index (χ4v) is 4.10. The molecule has 0 aliphatic heterocycles. The molecule has 7 heteroatoms. The van der Waals surface area contributed by atoms with Crippen molar-refractivity contribution < 1.29 is 13.5 Å². The summed E-state index contributed by atoms with van der Waals surface area (Å²) in [6.07, 6.45) is 1.66. The van der Waals surface area contributed by atoms with Gasteiger partial charge in [-0.3, -0.25) is 0 Å². The van der Waals surface area contributed by atoms with Crippen LogP contribution in [0.5, 0.6) is 0 Å². The van der Waals surface area contributed by atoms with Crippen molar-refractivity contribution in [2.24, 2.45) is 5.92 Å². The van der Waals surface area contributed by atoms with Crippen LogP contribution in [0.4, 0.5) is 0 Å². The maximum absolute atomic E-state index is 12.4. The summed E-state index contributed by atoms with van der Waals surface area (Å²) in [7, 11) is -3.77. The first-order chi connectivity index (χ1) is 9.67. The third-order valence-corrected chi connectivity index (χ3v) is 5.46. The van der Waals surface area contributed by atoms with Crippen LogP contribution in [0, 0.1) is 5.92 Å². The highest BCUT2D eigenvalue weighted by molar-refractivity contribution is 7.89. The quantitative estimate of drug-likeness (QED) is 0.786. The van der Waals surface area contributed by atoms with Gasteiger partial charge < -0.3 is 5.11 Å². The Balaban J connectivity index is 3.00. The number of sulfonamides is 1. The van der Waals surface area contributed by atoms with E-state index in [1.807, 2.05) is 6.92 Å². The number of hydrogen-bond acceptors (Lipinski definition) is 3. The molecule has 0 radical (unpaired) electrons. The SMILES string of the molecule is CC(C)CCC(C)NS(=O)(=O)c1cc(Cl)cc(CO)c1Cl. The number of halogens is 2. The summed E-state index contributed by atoms with van der Waals surface area (Å²) in [6.45, 7) is 5.61. The molecule has 0 fully saturated rings. The minimum Gasteiger partial charge on any atom is -0.392 e. The van der Waals surface area contributed by atoms with Crippen LogP contribution in [-0.2, 0) is 16.6 Å². The molecule has 1 aromatic rings. The molecule has 120 valence electrons. The first-order valence-electron chi connectivity index (χ1n) is 6.78. The molecule has 0 heterocycles. The van der Waals surface area contributed by atoms with Gasteiger partial charge in [-0.25, -0.2) is 13.1 Å². The third-order valence-electron chi connectivity index (χ3n) is 3.07. The monoisotopic (exact) mass is 353 g/mol. The van der Waals surface area contributed by atoms with E-state index < -0.39 is 10.0 Å². The standard InChI is InChI=1S/C14H21Cl2NO3S/c1-9(2)4-5-10(3)17-21(19,20)13-7-12(15)6-11(8-18)14(13)16/h6-7,9-10,17-18H,4-5,8H2,1-3H3. The molecular weight excluding hydrogens is 333 g/mol. The molecule has 1 atom stereocenters. The lowest BCUT2D eigenvalue weighted by molar-refractivity contribution is 0.281. The molecule has 0 aliphatic carbocycles. The second kappa shape index (κ2) is 7.79. The summed E-state index contributed by atoms with van der Waals surface area (Å²) >= 11 is 11.9. The van der Waals surface area contributed by atoms with E-state index in [0.29, 0.717) is 11.5 Å². The largest absolute Gasteiger partial charge is 0.392 e. The molecule has 2 N–H and O–H groups in total. The number of hydrogen-bond donors (Lipinski definition) is 2. The van der Waals surface area contributed by atoms with Gasteiger partial charge in [-0.2, -0.15) is 0 Å². The van der Waals surface area contributed by atoms with Crippen LogP contribution in [-0.4, -0.2) is 19.6 Å². The minimum absolute atomic E-state index is 0.00506. The lowest BCUT2D eigenvalue weighted by Crippen LogP contribution is -2.33. The van der Waals surface area contributed by atoms with Crippen LogP contribution in [0.2, 0.25) is 10.0 Å². The summed E-state index contributed by atoms with van der Waals surface area (Å²) < 4.78 is 27.4. The van der Waals surface area contributed by atoms with Crippen LogP contribution in [0.1, 0.15) is 39.2 Å². The summed E-state index contributed by atoms with van der Waals surface area (Å²) in [4.78, 5) is -0.0999. The van der Waals surface area contributed by atoms with Gasteiger partial charge in [0.05, 0.1) is 11.6 Å². The summed E-state index contributed by atoms with van der Waals surface area (Å²) in [5, 5.41) is 9.43. The molecule has 1 aromatic carbocycles. The first kappa shape index (κ1) is 18.7. The van der Waals surface area contributed by atoms with Crippen molar-refractivity contribution in [3.63, 3.8) is 0 Å². The molecule has 1 rings (SSSR count). The van der Waals surface area contributed by atoms with Gasteiger partial charge in [-0.05, 0) is 43.4 Å². The maximum atomic E-state index is 12.4. The Bertz CT molecular complexity index is 588. The zero-order valence-electron chi connectivity index (χ0n) is 12.4. The van der Waals surface area contributed by atoms with E-state index >= 15 is 0 Å². The van der Waals surface area contributed by atoms with Crippen LogP contribution >= 0.6 is 23.2 Å². The van der Waals surface area contributed by atoms with Crippen molar-refractivity contribution in [3.8, 4) is 0 Å². The van der Waals surface area contributed by atoms with Crippen molar-refractivity contribution in [1.82, 2.24) is 4.72 Å². The average molecular weight is 354 g/mol. The van der Waals surface area contributed by atoms with Crippen LogP contribution in [0.15, 0.2) is 17.0 Å². The number of aliphatic hydroxyl groups excluding tert-OH is 1. The van der Waals surface area contributed by atoms with Gasteiger partial charge in [0, 0.05) is 11.1 Å². The Morgan fingerprint density at radius 2 is 1.81 bits per heavy atom. The van der Waals surface area contributed by atoms with E-state index in [-0.39, 0.29) is 27.6 Å². The Labute approximate surface area is 136 Å². The number of nitrogens with one attached hydrogen (secondary N) is 1. The van der Waals surface area contributed by atoms with E-state index in [4.69, 9.17) is 23.2 Å². The van der Waals surface area contributed by atoms with E-state index in [1.54, 1.807) is 0 Å². The molecule has 21 heavy (non-hydrogen) atoms. The van der Waals surface area contributed by atoms with Gasteiger partial charge in [0.1, 0.15) is 4.90 Å². The predicted molar refractivity (Wildman–Crippen MR) is 86.2 cm³/mol. The van der Waals surface area contributed by atoms with E-state index in [2.05, 4.69) is 18.6 Å². The Morgan fingerprint density at radius 3 is 2.33 bits per heavy atom. The highest BCUT2D eigenvalue weighted by Crippen LogP contribution is 2.29. The fraction of sp³-hybridized carbons (Fsp3) is 0.571. The number of rotatable bonds is 7. The van der Waals surface area contributed by atoms with Gasteiger partial charge in [-0.15, -0.1) is 0 Å². The van der Waals surface area contributed by atoms with Gasteiger partial charge in [0.15, 0.2) is 0 Å². The topological polar surface area (TPSA) is 66.4 Å². The Hall–Kier alpha value is -0.330.